The largest absolute Gasteiger partial charge is 0.392 e. The number of ketones is 1. The van der Waals surface area contributed by atoms with E-state index in [2.05, 4.69) is 36.5 Å². The molecule has 0 unspecified atom stereocenters. The fraction of sp³-hybridized carbons (Fsp3) is 0.398. The molecule has 2 amide bonds. The Morgan fingerprint density at radius 3 is 1.35 bits per heavy atom. The number of aryl methyl sites for hydroxylation is 4. The molecule has 2 aliphatic carbocycles. The topological polar surface area (TPSA) is 239 Å². The van der Waals surface area contributed by atoms with E-state index in [1.165, 1.54) is 107 Å². The fourth-order valence-electron chi connectivity index (χ4n) is 17.0. The lowest BCUT2D eigenvalue weighted by atomic mass is 10.0. The van der Waals surface area contributed by atoms with Crippen LogP contribution in [0.1, 0.15) is 102 Å². The number of aliphatic hydroxyl groups excluding tert-OH is 1. The highest BCUT2D eigenvalue weighted by atomic mass is 32.2. The second-order valence-corrected chi connectivity index (χ2v) is 40.7. The fourth-order valence-corrected chi connectivity index (χ4v) is 23.1. The van der Waals surface area contributed by atoms with E-state index in [0.717, 1.165) is 194 Å². The van der Waals surface area contributed by atoms with Crippen LogP contribution in [0, 0.1) is 51.9 Å². The molecule has 668 valence electrons. The minimum Gasteiger partial charge on any atom is -0.392 e. The van der Waals surface area contributed by atoms with Crippen molar-refractivity contribution in [3.8, 4) is 12.3 Å². The van der Waals surface area contributed by atoms with Crippen LogP contribution in [0.25, 0.3) is 61.4 Å². The van der Waals surface area contributed by atoms with E-state index in [1.807, 2.05) is 207 Å². The molecule has 24 nitrogen and oxygen atoms in total. The number of aromatic nitrogens is 6. The van der Waals surface area contributed by atoms with Gasteiger partial charge in [-0.3, -0.25) is 66.7 Å². The summed E-state index contributed by atoms with van der Waals surface area (Å²) in [5.41, 5.74) is 7.56. The number of thioether (sulfide) groups is 1. The SMILES string of the molecule is C#CCn1sc2ccccc2c1=O.Cc1ccc2c(=O)n(CN3CCN(C(=O)C4CC4)CC3)sc2c1.Cc1ccc2c(c1)C(=O)CS2.Cc1ccc2sn(CN3CCN(C(=O)C4CC4)CC3)c(=O)c2c1.Cc1ccc2sn(CN3CC[C@@H](O)C3)c(=O)c2c1.O=c1c2ccccc2on1Cc1ccccc1.O=c1c2ccccc2sn1CN1CCC(N2CCCCC2)CC1. The van der Waals surface area contributed by atoms with Gasteiger partial charge in [0.05, 0.1) is 107 Å². The van der Waals surface area contributed by atoms with Crippen molar-refractivity contribution in [3.05, 3.63) is 271 Å². The summed E-state index contributed by atoms with van der Waals surface area (Å²) in [4.78, 5) is 126. The minimum absolute atomic E-state index is 0.0125. The molecule has 1 atom stereocenters. The molecule has 1 N–H and O–H groups in total. The Kier molecular flexibility index (Phi) is 30.0. The molecule has 0 bridgehead atoms. The standard InChI is InChI=1S/C18H25N3OS.2C17H21N3O2S.C14H11NO2.C13H16N2O2S.C10H7NOS.C9H8OS/c22-18-16-6-2-3-7-17(16)23-21(18)14-19-12-8-15(9-13-19)20-10-4-1-5-11-20;1-12-2-5-15-14(10-12)17(22)20(23-15)11-18-6-8-19(9-7-18)16(21)13-3-4-13;1-12-2-5-14-15(10-12)23-20(17(14)22)11-18-6-8-19(9-7-18)16(21)13-3-4-13;16-14-12-8-4-5-9-13(12)17-15(14)10-11-6-2-1-3-7-11;1-9-2-3-12-11(6-9)13(17)15(18-12)8-14-5-4-10(16)7-14;1-2-7-11-10(12)8-5-3-4-6-9(8)13-11;1-6-2-3-9-7(4-6)8(10)5-11-9/h2-3,6-7,15H,1,4-5,8-14H2;2*2,5,10,13H,3-4,6-9,11H2,1H3;1-9H,10H2;2-3,6,10,16H,4-5,7-8H2,1H3;1,3-6H,7H2;2-4H,5H2,1H3/t;;;;10-;;/m....1../s1. The Hall–Kier alpha value is -10.2. The third kappa shape index (κ3) is 22.6. The summed E-state index contributed by atoms with van der Waals surface area (Å²) in [7, 11) is 0. The Balaban J connectivity index is 0.000000111. The number of carbonyl (C=O) groups excluding carboxylic acids is 3. The van der Waals surface area contributed by atoms with Crippen LogP contribution in [0.4, 0.5) is 0 Å². The third-order valence-corrected chi connectivity index (χ3v) is 30.8. The Bertz CT molecular complexity index is 6650. The first-order valence-corrected chi connectivity index (χ1v) is 49.2. The summed E-state index contributed by atoms with van der Waals surface area (Å²) in [6.45, 7) is 24.4. The maximum absolute atomic E-state index is 12.5. The van der Waals surface area contributed by atoms with E-state index in [9.17, 15) is 48.3 Å². The van der Waals surface area contributed by atoms with E-state index in [1.54, 1.807) is 43.3 Å². The van der Waals surface area contributed by atoms with Crippen LogP contribution >= 0.6 is 69.4 Å². The average molecular weight is 1840 g/mol. The first-order valence-electron chi connectivity index (χ1n) is 44.3. The van der Waals surface area contributed by atoms with E-state index in [4.69, 9.17) is 10.9 Å². The molecule has 8 aromatic carbocycles. The number of terminal acetylenes is 1. The van der Waals surface area contributed by atoms with Gasteiger partial charge in [0.2, 0.25) is 11.8 Å². The summed E-state index contributed by atoms with van der Waals surface area (Å²) in [5, 5.41) is 14.2. The molecule has 14 aromatic rings. The quantitative estimate of drug-likeness (QED) is 0.0995. The summed E-state index contributed by atoms with van der Waals surface area (Å²) < 4.78 is 21.1. The molecule has 30 heteroatoms. The van der Waals surface area contributed by atoms with Crippen molar-refractivity contribution in [1.82, 2.24) is 58.8 Å². The number of likely N-dealkylation sites (tertiary alicyclic amines) is 3. The highest BCUT2D eigenvalue weighted by Gasteiger charge is 2.37. The molecule has 6 aliphatic heterocycles. The summed E-state index contributed by atoms with van der Waals surface area (Å²) in [6, 6.07) is 57.4. The van der Waals surface area contributed by atoms with Crippen molar-refractivity contribution in [1.29, 1.82) is 0 Å². The van der Waals surface area contributed by atoms with Crippen LogP contribution in [0.3, 0.4) is 0 Å². The summed E-state index contributed by atoms with van der Waals surface area (Å²) >= 11 is 9.21. The number of hydrogen-bond donors (Lipinski definition) is 1. The van der Waals surface area contributed by atoms with E-state index in [0.29, 0.717) is 80.0 Å². The molecular formula is C98H109N13O11S6. The number of fused-ring (bicyclic) bond motifs is 7. The molecule has 22 rings (SSSR count). The Labute approximate surface area is 767 Å². The van der Waals surface area contributed by atoms with Gasteiger partial charge in [-0.15, -0.1) is 18.2 Å². The number of piperidine rings is 2. The lowest BCUT2D eigenvalue weighted by Crippen LogP contribution is -2.49. The molecule has 8 aliphatic rings. The van der Waals surface area contributed by atoms with Gasteiger partial charge in [-0.05, 0) is 195 Å². The highest BCUT2D eigenvalue weighted by molar-refractivity contribution is 8.00. The number of β-amino-alcohol motifs (C(OH)–C–C–N with tert-alkyl or cyclic N) is 1. The molecule has 5 saturated heterocycles. The first-order chi connectivity index (χ1) is 62.1. The number of benzene rings is 8. The number of rotatable bonds is 14. The molecular weight excluding hydrogens is 1730 g/mol. The lowest BCUT2D eigenvalue weighted by Gasteiger charge is -2.40. The van der Waals surface area contributed by atoms with Gasteiger partial charge in [-0.1, -0.05) is 178 Å². The molecule has 12 heterocycles. The third-order valence-electron chi connectivity index (χ3n) is 24.5. The van der Waals surface area contributed by atoms with Crippen molar-refractivity contribution in [2.24, 2.45) is 11.8 Å². The second kappa shape index (κ2) is 42.1. The second-order valence-electron chi connectivity index (χ2n) is 34.3. The zero-order valence-corrected chi connectivity index (χ0v) is 77.7. The molecule has 128 heavy (non-hydrogen) atoms. The Morgan fingerprint density at radius 2 is 0.836 bits per heavy atom. The number of hydrogen-bond acceptors (Lipinski definition) is 22. The maximum atomic E-state index is 12.5. The van der Waals surface area contributed by atoms with Gasteiger partial charge in [-0.2, -0.15) is 4.74 Å². The van der Waals surface area contributed by atoms with Crippen LogP contribution in [-0.4, -0.2) is 191 Å². The van der Waals surface area contributed by atoms with Crippen LogP contribution in [0.5, 0.6) is 0 Å². The molecule has 2 saturated carbocycles. The normalized spacial score (nSPS) is 17.6. The van der Waals surface area contributed by atoms with Gasteiger partial charge in [0.1, 0.15) is 0 Å². The van der Waals surface area contributed by atoms with Gasteiger partial charge < -0.3 is 24.3 Å². The minimum atomic E-state index is -0.239. The number of amides is 2. The predicted octanol–water partition coefficient (Wildman–Crippen LogP) is 14.8. The summed E-state index contributed by atoms with van der Waals surface area (Å²) in [6.07, 6.45) is 16.6. The number of para-hydroxylation sites is 1. The van der Waals surface area contributed by atoms with Crippen molar-refractivity contribution < 1.29 is 24.0 Å². The van der Waals surface area contributed by atoms with Crippen LogP contribution in [-0.2, 0) is 49.4 Å². The smallest absolute Gasteiger partial charge is 0.290 e. The van der Waals surface area contributed by atoms with Crippen LogP contribution in [0.2, 0.25) is 0 Å². The predicted molar refractivity (Wildman–Crippen MR) is 520 cm³/mol. The van der Waals surface area contributed by atoms with Gasteiger partial charge >= 0.3 is 0 Å². The average Bonchev–Trinajstić information content (AvgIpc) is 1.65. The van der Waals surface area contributed by atoms with Gasteiger partial charge in [0, 0.05) is 107 Å². The summed E-state index contributed by atoms with van der Waals surface area (Å²) in [5.74, 6) is 4.62. The molecule has 6 aromatic heterocycles. The van der Waals surface area contributed by atoms with Crippen molar-refractivity contribution in [2.75, 3.05) is 97.4 Å². The zero-order chi connectivity index (χ0) is 89.1. The number of aliphatic hydroxyl groups is 1. The zero-order valence-electron chi connectivity index (χ0n) is 72.8. The van der Waals surface area contributed by atoms with E-state index in [-0.39, 0.29) is 45.2 Å². The lowest BCUT2D eigenvalue weighted by molar-refractivity contribution is -0.135. The number of carbonyl (C=O) groups is 3. The first kappa shape index (κ1) is 91.1. The monoisotopic (exact) mass is 1840 g/mol. The number of piperazine rings is 2. The van der Waals surface area contributed by atoms with Gasteiger partial charge in [0.25, 0.3) is 33.4 Å². The highest BCUT2D eigenvalue weighted by Crippen LogP contribution is 2.35. The Morgan fingerprint density at radius 1 is 0.406 bits per heavy atom. The van der Waals surface area contributed by atoms with Gasteiger partial charge in [-0.25, -0.2) is 15.8 Å². The van der Waals surface area contributed by atoms with Crippen LogP contribution < -0.4 is 33.4 Å². The van der Waals surface area contributed by atoms with Crippen molar-refractivity contribution in [2.45, 2.75) is 149 Å². The van der Waals surface area contributed by atoms with Crippen molar-refractivity contribution in [3.63, 3.8) is 0 Å². The molecule has 7 fully saturated rings. The number of Topliss-reactive ketones (excluding diaryl/α,β-unsaturated/α-hetero) is 1. The van der Waals surface area contributed by atoms with E-state index < -0.39 is 0 Å². The van der Waals surface area contributed by atoms with Gasteiger partial charge in [0.15, 0.2) is 11.4 Å². The van der Waals surface area contributed by atoms with Crippen LogP contribution in [0.15, 0.2) is 214 Å². The maximum Gasteiger partial charge on any atom is 0.290 e. The molecule has 0 spiro atoms. The molecule has 0 radical (unpaired) electrons. The number of nitrogens with zero attached hydrogens (tertiary/aromatic N) is 13. The van der Waals surface area contributed by atoms with E-state index >= 15 is 0 Å². The van der Waals surface area contributed by atoms with Crippen molar-refractivity contribution >= 4 is 148 Å².